The number of carbonyl (C=O) groups excluding carboxylic acids is 1. The number of nitrogens with one attached hydrogen (secondary N) is 1. The smallest absolute Gasteiger partial charge is 0.317 e. The number of rotatable bonds is 4. The van der Waals surface area contributed by atoms with Crippen molar-refractivity contribution in [3.8, 4) is 0 Å². The van der Waals surface area contributed by atoms with Crippen LogP contribution in [0.5, 0.6) is 0 Å². The van der Waals surface area contributed by atoms with E-state index in [0.717, 1.165) is 12.8 Å². The standard InChI is InChI=1S/C18H24N2O3/c1-13(14-6-3-2-4-7-14)10-19-17(23)20-11-15-8-5-9-18(15,12-20)16(21)22/h2-4,6-7,13,15H,5,8-12H2,1H3,(H,19,23)(H,21,22)/t13?,15-,18+/m0/s1. The molecule has 23 heavy (non-hydrogen) atoms. The Balaban J connectivity index is 1.57. The molecule has 2 fully saturated rings. The van der Waals surface area contributed by atoms with Crippen molar-refractivity contribution in [1.29, 1.82) is 0 Å². The maximum Gasteiger partial charge on any atom is 0.317 e. The van der Waals surface area contributed by atoms with Gasteiger partial charge in [-0.15, -0.1) is 0 Å². The van der Waals surface area contributed by atoms with E-state index in [1.807, 2.05) is 18.2 Å². The summed E-state index contributed by atoms with van der Waals surface area (Å²) < 4.78 is 0. The van der Waals surface area contributed by atoms with E-state index < -0.39 is 11.4 Å². The number of nitrogens with zero attached hydrogens (tertiary/aromatic N) is 1. The molecule has 1 aromatic carbocycles. The maximum atomic E-state index is 12.4. The molecule has 5 heteroatoms. The fraction of sp³-hybridized carbons (Fsp3) is 0.556. The predicted octanol–water partition coefficient (Wildman–Crippen LogP) is 2.69. The number of hydrogen-bond donors (Lipinski definition) is 2. The lowest BCUT2D eigenvalue weighted by atomic mass is 9.81. The average molecular weight is 316 g/mol. The lowest BCUT2D eigenvalue weighted by Gasteiger charge is -2.24. The van der Waals surface area contributed by atoms with Gasteiger partial charge in [-0.05, 0) is 30.2 Å². The number of benzene rings is 1. The Morgan fingerprint density at radius 3 is 2.78 bits per heavy atom. The largest absolute Gasteiger partial charge is 0.481 e. The van der Waals surface area contributed by atoms with Crippen LogP contribution in [0.25, 0.3) is 0 Å². The molecule has 0 bridgehead atoms. The van der Waals surface area contributed by atoms with Crippen LogP contribution in [0.3, 0.4) is 0 Å². The minimum absolute atomic E-state index is 0.109. The van der Waals surface area contributed by atoms with Gasteiger partial charge in [-0.1, -0.05) is 43.7 Å². The summed E-state index contributed by atoms with van der Waals surface area (Å²) in [6, 6.07) is 9.93. The van der Waals surface area contributed by atoms with Crippen LogP contribution in [0.4, 0.5) is 4.79 Å². The molecule has 3 rings (SSSR count). The summed E-state index contributed by atoms with van der Waals surface area (Å²) in [6.07, 6.45) is 2.56. The van der Waals surface area contributed by atoms with E-state index >= 15 is 0 Å². The number of amides is 2. The third-order valence-electron chi connectivity index (χ3n) is 5.51. The van der Waals surface area contributed by atoms with Crippen LogP contribution in [0.2, 0.25) is 0 Å². The Labute approximate surface area is 136 Å². The Bertz CT molecular complexity index is 589. The van der Waals surface area contributed by atoms with Gasteiger partial charge in [0.05, 0.1) is 5.41 Å². The van der Waals surface area contributed by atoms with Crippen LogP contribution in [0.15, 0.2) is 30.3 Å². The van der Waals surface area contributed by atoms with E-state index in [1.54, 1.807) is 4.90 Å². The number of likely N-dealkylation sites (tertiary alicyclic amines) is 1. The molecule has 1 heterocycles. The minimum Gasteiger partial charge on any atom is -0.481 e. The third-order valence-corrected chi connectivity index (χ3v) is 5.51. The summed E-state index contributed by atoms with van der Waals surface area (Å²) >= 11 is 0. The summed E-state index contributed by atoms with van der Waals surface area (Å²) in [5.74, 6) is -0.402. The summed E-state index contributed by atoms with van der Waals surface area (Å²) in [5, 5.41) is 12.5. The first-order valence-corrected chi connectivity index (χ1v) is 8.34. The van der Waals surface area contributed by atoms with Crippen molar-refractivity contribution >= 4 is 12.0 Å². The molecule has 2 aliphatic rings. The van der Waals surface area contributed by atoms with E-state index in [4.69, 9.17) is 0 Å². The van der Waals surface area contributed by atoms with Crippen molar-refractivity contribution < 1.29 is 14.7 Å². The van der Waals surface area contributed by atoms with E-state index in [-0.39, 0.29) is 17.9 Å². The Morgan fingerprint density at radius 2 is 2.13 bits per heavy atom. The number of carboxylic acids is 1. The van der Waals surface area contributed by atoms with Gasteiger partial charge in [0.25, 0.3) is 0 Å². The lowest BCUT2D eigenvalue weighted by Crippen LogP contribution is -2.42. The van der Waals surface area contributed by atoms with E-state index in [2.05, 4.69) is 24.4 Å². The normalized spacial score (nSPS) is 27.5. The van der Waals surface area contributed by atoms with E-state index in [1.165, 1.54) is 5.56 Å². The van der Waals surface area contributed by atoms with Crippen molar-refractivity contribution in [3.05, 3.63) is 35.9 Å². The van der Waals surface area contributed by atoms with Crippen molar-refractivity contribution in [2.24, 2.45) is 11.3 Å². The topological polar surface area (TPSA) is 69.6 Å². The van der Waals surface area contributed by atoms with Crippen molar-refractivity contribution in [2.45, 2.75) is 32.1 Å². The fourth-order valence-corrected chi connectivity index (χ4v) is 4.05. The van der Waals surface area contributed by atoms with E-state index in [0.29, 0.717) is 26.1 Å². The molecule has 1 aromatic rings. The SMILES string of the molecule is CC(CNC(=O)N1C[C@@H]2CCC[C@@]2(C(=O)O)C1)c1ccccc1. The quantitative estimate of drug-likeness (QED) is 0.897. The molecule has 1 saturated heterocycles. The van der Waals surface area contributed by atoms with Gasteiger partial charge in [0.15, 0.2) is 0 Å². The van der Waals surface area contributed by atoms with E-state index in [9.17, 15) is 14.7 Å². The van der Waals surface area contributed by atoms with Gasteiger partial charge < -0.3 is 15.3 Å². The van der Waals surface area contributed by atoms with Crippen molar-refractivity contribution in [1.82, 2.24) is 10.2 Å². The minimum atomic E-state index is -0.743. The number of hydrogen-bond acceptors (Lipinski definition) is 2. The molecule has 0 aromatic heterocycles. The monoisotopic (exact) mass is 316 g/mol. The molecule has 1 unspecified atom stereocenters. The molecule has 2 N–H and O–H groups in total. The zero-order valence-corrected chi connectivity index (χ0v) is 13.5. The second-order valence-corrected chi connectivity index (χ2v) is 6.93. The molecule has 1 saturated carbocycles. The first-order chi connectivity index (χ1) is 11.0. The number of carboxylic acid groups (broad SMARTS) is 1. The summed E-state index contributed by atoms with van der Waals surface area (Å²) in [6.45, 7) is 3.55. The Hall–Kier alpha value is -2.04. The molecular formula is C18H24N2O3. The highest BCUT2D eigenvalue weighted by Crippen LogP contribution is 2.48. The molecule has 1 aliphatic carbocycles. The molecule has 0 spiro atoms. The van der Waals surface area contributed by atoms with Gasteiger partial charge in [0.1, 0.15) is 0 Å². The highest BCUT2D eigenvalue weighted by atomic mass is 16.4. The highest BCUT2D eigenvalue weighted by Gasteiger charge is 2.55. The number of urea groups is 1. The predicted molar refractivity (Wildman–Crippen MR) is 87.2 cm³/mol. The van der Waals surface area contributed by atoms with Crippen LogP contribution in [0, 0.1) is 11.3 Å². The zero-order chi connectivity index (χ0) is 16.4. The molecule has 2 amide bonds. The first-order valence-electron chi connectivity index (χ1n) is 8.34. The van der Waals surface area contributed by atoms with Crippen LogP contribution in [-0.4, -0.2) is 41.6 Å². The van der Waals surface area contributed by atoms with Crippen LogP contribution in [0.1, 0.15) is 37.7 Å². The van der Waals surface area contributed by atoms with Crippen LogP contribution < -0.4 is 5.32 Å². The maximum absolute atomic E-state index is 12.4. The van der Waals surface area contributed by atoms with Crippen molar-refractivity contribution in [2.75, 3.05) is 19.6 Å². The van der Waals surface area contributed by atoms with Gasteiger partial charge in [-0.25, -0.2) is 4.79 Å². The van der Waals surface area contributed by atoms with Crippen molar-refractivity contribution in [3.63, 3.8) is 0 Å². The van der Waals surface area contributed by atoms with Crippen LogP contribution >= 0.6 is 0 Å². The van der Waals surface area contributed by atoms with Gasteiger partial charge in [0, 0.05) is 19.6 Å². The molecule has 5 nitrogen and oxygen atoms in total. The Kier molecular flexibility index (Phi) is 4.28. The molecule has 3 atom stereocenters. The highest BCUT2D eigenvalue weighted by molar-refractivity contribution is 5.80. The zero-order valence-electron chi connectivity index (χ0n) is 13.5. The number of carbonyl (C=O) groups is 2. The molecule has 1 aliphatic heterocycles. The van der Waals surface area contributed by atoms with Gasteiger partial charge in [-0.3, -0.25) is 4.79 Å². The van der Waals surface area contributed by atoms with Gasteiger partial charge in [-0.2, -0.15) is 0 Å². The molecular weight excluding hydrogens is 292 g/mol. The summed E-state index contributed by atoms with van der Waals surface area (Å²) in [5.41, 5.74) is 0.482. The second-order valence-electron chi connectivity index (χ2n) is 6.93. The van der Waals surface area contributed by atoms with Gasteiger partial charge >= 0.3 is 12.0 Å². The third kappa shape index (κ3) is 2.92. The number of fused-ring (bicyclic) bond motifs is 1. The van der Waals surface area contributed by atoms with Gasteiger partial charge in [0.2, 0.25) is 0 Å². The first kappa shape index (κ1) is 15.8. The van der Waals surface area contributed by atoms with Crippen LogP contribution in [-0.2, 0) is 4.79 Å². The average Bonchev–Trinajstić information content (AvgIpc) is 3.11. The second kappa shape index (κ2) is 6.22. The summed E-state index contributed by atoms with van der Waals surface area (Å²) in [7, 11) is 0. The Morgan fingerprint density at radius 1 is 1.39 bits per heavy atom. The summed E-state index contributed by atoms with van der Waals surface area (Å²) in [4.78, 5) is 25.8. The molecule has 0 radical (unpaired) electrons. The number of aliphatic carboxylic acids is 1. The molecule has 124 valence electrons. The lowest BCUT2D eigenvalue weighted by molar-refractivity contribution is -0.149. The fourth-order valence-electron chi connectivity index (χ4n) is 4.05.